The van der Waals surface area contributed by atoms with Crippen LogP contribution in [0.3, 0.4) is 0 Å². The molecule has 4 rings (SSSR count). The van der Waals surface area contributed by atoms with E-state index in [1.54, 1.807) is 11.0 Å². The fourth-order valence-corrected chi connectivity index (χ4v) is 9.39. The topological polar surface area (TPSA) is 98.2 Å². The van der Waals surface area contributed by atoms with Crippen LogP contribution in [-0.4, -0.2) is 77.9 Å². The van der Waals surface area contributed by atoms with Gasteiger partial charge in [-0.3, -0.25) is 14.4 Å². The van der Waals surface area contributed by atoms with E-state index < -0.39 is 34.6 Å². The van der Waals surface area contributed by atoms with Crippen molar-refractivity contribution in [2.24, 2.45) is 11.8 Å². The Morgan fingerprint density at radius 3 is 2.67 bits per heavy atom. The highest BCUT2D eigenvalue weighted by atomic mass is 79.9. The van der Waals surface area contributed by atoms with Crippen LogP contribution in [0, 0.1) is 11.8 Å². The summed E-state index contributed by atoms with van der Waals surface area (Å²) in [5, 5.41) is 19.8. The molecule has 3 fully saturated rings. The predicted molar refractivity (Wildman–Crippen MR) is 130 cm³/mol. The van der Waals surface area contributed by atoms with Crippen LogP contribution in [0.1, 0.15) is 25.3 Å². The van der Waals surface area contributed by atoms with Gasteiger partial charge in [0.15, 0.2) is 0 Å². The van der Waals surface area contributed by atoms with E-state index >= 15 is 0 Å². The molecule has 9 heteroatoms. The van der Waals surface area contributed by atoms with E-state index in [0.29, 0.717) is 25.9 Å². The van der Waals surface area contributed by atoms with Gasteiger partial charge in [0.2, 0.25) is 11.8 Å². The minimum absolute atomic E-state index is 0.0981. The molecule has 1 aromatic carbocycles. The zero-order chi connectivity index (χ0) is 23.9. The Kier molecular flexibility index (Phi) is 6.94. The summed E-state index contributed by atoms with van der Waals surface area (Å²) in [6, 6.07) is 8.23. The zero-order valence-corrected chi connectivity index (χ0v) is 20.9. The van der Waals surface area contributed by atoms with Gasteiger partial charge in [0.05, 0.1) is 29.2 Å². The van der Waals surface area contributed by atoms with Crippen molar-refractivity contribution in [3.63, 3.8) is 0 Å². The van der Waals surface area contributed by atoms with E-state index in [1.807, 2.05) is 37.3 Å². The predicted octanol–water partition coefficient (Wildman–Crippen LogP) is 2.52. The summed E-state index contributed by atoms with van der Waals surface area (Å²) in [6.45, 7) is 6.05. The third-order valence-corrected chi connectivity index (χ3v) is 10.4. The number of likely N-dealkylation sites (tertiary alicyclic amines) is 1. The number of thioether (sulfide) groups is 1. The van der Waals surface area contributed by atoms with Gasteiger partial charge in [-0.1, -0.05) is 59.3 Å². The molecule has 7 nitrogen and oxygen atoms in total. The SMILES string of the molecule is C=CCN(Cc1ccccc1)C(=O)C1N([C@@H](CC)CO)C(=O)[C@@H]2[C@H](C(=O)O)[C@H]3SC12CC3Br. The highest BCUT2D eigenvalue weighted by Crippen LogP contribution is 2.68. The van der Waals surface area contributed by atoms with E-state index in [-0.39, 0.29) is 28.5 Å². The number of carbonyl (C=O) groups excluding carboxylic acids is 2. The van der Waals surface area contributed by atoms with Gasteiger partial charge in [-0.15, -0.1) is 18.3 Å². The van der Waals surface area contributed by atoms with Gasteiger partial charge in [0.25, 0.3) is 0 Å². The Hall–Kier alpha value is -1.84. The molecule has 1 spiro atoms. The second-order valence-electron chi connectivity index (χ2n) is 8.98. The van der Waals surface area contributed by atoms with Crippen LogP contribution in [0.4, 0.5) is 0 Å². The number of carbonyl (C=O) groups is 3. The Bertz CT molecular complexity index is 942. The van der Waals surface area contributed by atoms with Gasteiger partial charge < -0.3 is 20.0 Å². The number of amides is 2. The summed E-state index contributed by atoms with van der Waals surface area (Å²) in [5.41, 5.74) is 0.956. The summed E-state index contributed by atoms with van der Waals surface area (Å²) in [7, 11) is 0. The van der Waals surface area contributed by atoms with Gasteiger partial charge >= 0.3 is 5.97 Å². The van der Waals surface area contributed by atoms with Crippen LogP contribution in [0.25, 0.3) is 0 Å². The summed E-state index contributed by atoms with van der Waals surface area (Å²) >= 11 is 5.11. The summed E-state index contributed by atoms with van der Waals surface area (Å²) in [4.78, 5) is 43.2. The van der Waals surface area contributed by atoms with E-state index in [1.165, 1.54) is 16.7 Å². The van der Waals surface area contributed by atoms with E-state index in [2.05, 4.69) is 22.5 Å². The molecule has 0 radical (unpaired) electrons. The van der Waals surface area contributed by atoms with Crippen molar-refractivity contribution in [1.82, 2.24) is 9.80 Å². The van der Waals surface area contributed by atoms with Crippen LogP contribution in [0.5, 0.6) is 0 Å². The molecule has 3 saturated heterocycles. The first-order chi connectivity index (χ1) is 15.8. The van der Waals surface area contributed by atoms with Crippen molar-refractivity contribution in [2.45, 2.75) is 53.2 Å². The summed E-state index contributed by atoms with van der Waals surface area (Å²) < 4.78 is -0.839. The lowest BCUT2D eigenvalue weighted by Gasteiger charge is -2.39. The standard InChI is InChI=1S/C24H29BrN2O5S/c1-3-10-26(12-14-8-6-5-7-9-14)22(30)20-24-11-16(25)19(33-24)17(23(31)32)18(24)21(29)27(20)15(4-2)13-28/h3,5-9,15-20,28H,1,4,10-13H2,2H3,(H,31,32)/t15-,16?,17-,18-,19-,20?,24?/m0/s1. The quantitative estimate of drug-likeness (QED) is 0.371. The maximum absolute atomic E-state index is 14.2. The fourth-order valence-electron chi connectivity index (χ4n) is 5.80. The number of nitrogens with zero attached hydrogens (tertiary/aromatic N) is 2. The van der Waals surface area contributed by atoms with Gasteiger partial charge in [-0.2, -0.15) is 0 Å². The Balaban J connectivity index is 1.78. The first kappa shape index (κ1) is 24.3. The Morgan fingerprint density at radius 1 is 1.39 bits per heavy atom. The number of halogens is 1. The highest BCUT2D eigenvalue weighted by molar-refractivity contribution is 9.09. The van der Waals surface area contributed by atoms with Gasteiger partial charge in [-0.05, 0) is 18.4 Å². The number of aliphatic hydroxyl groups is 1. The number of fused-ring (bicyclic) bond motifs is 1. The molecule has 0 aromatic heterocycles. The highest BCUT2D eigenvalue weighted by Gasteiger charge is 2.76. The normalized spacial score (nSPS) is 33.1. The van der Waals surface area contributed by atoms with Crippen molar-refractivity contribution < 1.29 is 24.6 Å². The molecule has 0 aliphatic carbocycles. The largest absolute Gasteiger partial charge is 0.481 e. The average molecular weight is 537 g/mol. The van der Waals surface area contributed by atoms with Gasteiger partial charge in [-0.25, -0.2) is 0 Å². The third kappa shape index (κ3) is 3.82. The first-order valence-electron chi connectivity index (χ1n) is 11.2. The van der Waals surface area contributed by atoms with Gasteiger partial charge in [0, 0.05) is 23.2 Å². The second-order valence-corrected chi connectivity index (χ2v) is 11.7. The molecular formula is C24H29BrN2O5S. The number of carboxylic acid groups (broad SMARTS) is 1. The molecule has 3 aliphatic rings. The number of carboxylic acids is 1. The number of alkyl halides is 1. The number of hydrogen-bond donors (Lipinski definition) is 2. The van der Waals surface area contributed by atoms with Gasteiger partial charge in [0.1, 0.15) is 6.04 Å². The number of benzene rings is 1. The lowest BCUT2D eigenvalue weighted by atomic mass is 9.71. The summed E-state index contributed by atoms with van der Waals surface area (Å²) in [6.07, 6.45) is 2.66. The first-order valence-corrected chi connectivity index (χ1v) is 13.0. The van der Waals surface area contributed by atoms with Crippen molar-refractivity contribution in [2.75, 3.05) is 13.2 Å². The maximum Gasteiger partial charge on any atom is 0.308 e. The molecule has 178 valence electrons. The Morgan fingerprint density at radius 2 is 2.09 bits per heavy atom. The molecule has 0 saturated carbocycles. The molecule has 3 aliphatic heterocycles. The molecule has 33 heavy (non-hydrogen) atoms. The third-order valence-electron chi connectivity index (χ3n) is 7.20. The molecule has 2 N–H and O–H groups in total. The van der Waals surface area contributed by atoms with E-state index in [4.69, 9.17) is 0 Å². The van der Waals surface area contributed by atoms with Crippen LogP contribution >= 0.6 is 27.7 Å². The van der Waals surface area contributed by atoms with Crippen LogP contribution in [-0.2, 0) is 20.9 Å². The molecule has 2 bridgehead atoms. The number of rotatable bonds is 9. The number of aliphatic carboxylic acids is 1. The van der Waals surface area contributed by atoms with Crippen LogP contribution in [0.15, 0.2) is 43.0 Å². The minimum atomic E-state index is -1.01. The molecular weight excluding hydrogens is 508 g/mol. The molecule has 3 unspecified atom stereocenters. The summed E-state index contributed by atoms with van der Waals surface area (Å²) in [5.74, 6) is -3.20. The average Bonchev–Trinajstić information content (AvgIpc) is 3.39. The molecule has 7 atom stereocenters. The smallest absolute Gasteiger partial charge is 0.308 e. The fraction of sp³-hybridized carbons (Fsp3) is 0.542. The lowest BCUT2D eigenvalue weighted by Crippen LogP contribution is -2.57. The monoisotopic (exact) mass is 536 g/mol. The van der Waals surface area contributed by atoms with Crippen molar-refractivity contribution >= 4 is 45.5 Å². The van der Waals surface area contributed by atoms with Crippen LogP contribution < -0.4 is 0 Å². The molecule has 1 aromatic rings. The van der Waals surface area contributed by atoms with E-state index in [0.717, 1.165) is 5.56 Å². The lowest BCUT2D eigenvalue weighted by molar-refractivity contribution is -0.149. The van der Waals surface area contributed by atoms with E-state index in [9.17, 15) is 24.6 Å². The zero-order valence-electron chi connectivity index (χ0n) is 18.5. The second kappa shape index (κ2) is 9.43. The Labute approximate surface area is 206 Å². The minimum Gasteiger partial charge on any atom is -0.481 e. The van der Waals surface area contributed by atoms with Crippen molar-refractivity contribution in [3.8, 4) is 0 Å². The van der Waals surface area contributed by atoms with Crippen molar-refractivity contribution in [3.05, 3.63) is 48.6 Å². The number of hydrogen-bond acceptors (Lipinski definition) is 5. The van der Waals surface area contributed by atoms with Crippen molar-refractivity contribution in [1.29, 1.82) is 0 Å². The maximum atomic E-state index is 14.2. The number of aliphatic hydroxyl groups excluding tert-OH is 1. The molecule has 3 heterocycles. The molecule has 2 amide bonds. The van der Waals surface area contributed by atoms with Crippen LogP contribution in [0.2, 0.25) is 0 Å².